The van der Waals surface area contributed by atoms with Crippen LogP contribution in [0.1, 0.15) is 78.1 Å². The van der Waals surface area contributed by atoms with Gasteiger partial charge in [0, 0.05) is 81.5 Å². The Balaban J connectivity index is -0.000000123. The average molecular weight is 1360 g/mol. The van der Waals surface area contributed by atoms with Gasteiger partial charge in [0.1, 0.15) is 45.2 Å². The fraction of sp³-hybridized carbons (Fsp3) is 0.562. The molecule has 30 nitrogen and oxygen atoms in total. The fourth-order valence-electron chi connectivity index (χ4n) is 4.55. The molecule has 0 aromatic carbocycles. The van der Waals surface area contributed by atoms with Gasteiger partial charge in [-0.15, -0.1) is 0 Å². The Bertz CT molecular complexity index is 1880. The molecule has 94 heavy (non-hydrogen) atoms. The van der Waals surface area contributed by atoms with E-state index >= 15 is 0 Å². The highest BCUT2D eigenvalue weighted by Gasteiger charge is 2.21. The maximum absolute atomic E-state index is 10.8. The van der Waals surface area contributed by atoms with E-state index in [4.69, 9.17) is 70.8 Å². The van der Waals surface area contributed by atoms with E-state index in [1.165, 1.54) is 25.5 Å². The van der Waals surface area contributed by atoms with Crippen LogP contribution in [0, 0.1) is 11.8 Å². The van der Waals surface area contributed by atoms with Crippen LogP contribution >= 0.6 is 0 Å². The number of hydrogen-bond donors (Lipinski definition) is 12. The normalized spacial score (nSPS) is 12.5. The Morgan fingerprint density at radius 2 is 0.723 bits per heavy atom. The number of rotatable bonds is 39. The van der Waals surface area contributed by atoms with Gasteiger partial charge in [-0.05, 0) is 76.5 Å². The molecule has 0 bridgehead atoms. The number of hydrogen-bond acceptors (Lipinski definition) is 30. The Kier molecular flexibility index (Phi) is 100. The SMILES string of the molecule is C=CC(=O)OC(CO)CO.C=CC(=O)OCC(C)O.C=CC(=O)OCC(O)CC.C=CC(=O)OCC(O)CO.C=CC(=O)OCC1CCC(CO)CC1.C=CC(=O)OCCCCO.C=CC(=O)OCCCO.C=CC(=O)OCCO.C=COCCCCO.C=COCCO. The molecule has 0 amide bonds. The van der Waals surface area contributed by atoms with Crippen molar-refractivity contribution in [3.63, 3.8) is 0 Å². The van der Waals surface area contributed by atoms with E-state index in [2.05, 4.69) is 104 Å². The third-order valence-corrected chi connectivity index (χ3v) is 9.49. The highest BCUT2D eigenvalue weighted by molar-refractivity contribution is 5.83. The molecule has 0 aromatic rings. The zero-order chi connectivity index (χ0) is 74.0. The van der Waals surface area contributed by atoms with Gasteiger partial charge in [-0.2, -0.15) is 0 Å². The van der Waals surface area contributed by atoms with Crippen LogP contribution in [0.15, 0.2) is 127 Å². The first-order valence-corrected chi connectivity index (χ1v) is 29.2. The van der Waals surface area contributed by atoms with Gasteiger partial charge in [-0.1, -0.05) is 72.7 Å². The van der Waals surface area contributed by atoms with Gasteiger partial charge >= 0.3 is 47.8 Å². The van der Waals surface area contributed by atoms with Crippen molar-refractivity contribution in [2.45, 2.75) is 102 Å². The van der Waals surface area contributed by atoms with Crippen LogP contribution in [0.5, 0.6) is 0 Å². The summed E-state index contributed by atoms with van der Waals surface area (Å²) in [5, 5.41) is 101. The Morgan fingerprint density at radius 1 is 0.383 bits per heavy atom. The molecule has 1 fully saturated rings. The average Bonchev–Trinajstić information content (AvgIpc) is 1.72. The minimum absolute atomic E-state index is 0.0326. The van der Waals surface area contributed by atoms with Crippen molar-refractivity contribution in [2.24, 2.45) is 11.8 Å². The van der Waals surface area contributed by atoms with Gasteiger partial charge in [0.15, 0.2) is 0 Å². The number of carbonyl (C=O) groups is 8. The summed E-state index contributed by atoms with van der Waals surface area (Å²) in [5.41, 5.74) is 0. The van der Waals surface area contributed by atoms with E-state index in [1.807, 2.05) is 6.92 Å². The molecule has 546 valence electrons. The molecule has 1 aliphatic carbocycles. The Labute approximate surface area is 553 Å². The van der Waals surface area contributed by atoms with Crippen LogP contribution in [0.4, 0.5) is 0 Å². The minimum Gasteiger partial charge on any atom is -0.502 e. The third-order valence-electron chi connectivity index (χ3n) is 9.49. The van der Waals surface area contributed by atoms with Crippen LogP contribution in [-0.4, -0.2) is 252 Å². The summed E-state index contributed by atoms with van der Waals surface area (Å²) in [5.74, 6) is -3.00. The van der Waals surface area contributed by atoms with Gasteiger partial charge in [0.2, 0.25) is 0 Å². The van der Waals surface area contributed by atoms with Crippen molar-refractivity contribution in [1.82, 2.24) is 0 Å². The van der Waals surface area contributed by atoms with Crippen LogP contribution < -0.4 is 0 Å². The maximum Gasteiger partial charge on any atom is 0.330 e. The molecule has 3 unspecified atom stereocenters. The number of esters is 8. The summed E-state index contributed by atoms with van der Waals surface area (Å²) >= 11 is 0. The molecule has 0 aliphatic heterocycles. The number of aliphatic hydroxyl groups is 12. The first kappa shape index (κ1) is 105. The molecule has 0 radical (unpaired) electrons. The second kappa shape index (κ2) is 89.5. The number of ether oxygens (including phenoxy) is 10. The second-order valence-corrected chi connectivity index (χ2v) is 17.4. The standard InChI is InChI=1S/C11H18O3.2C7H12O3.2C6H10O4.2C6H10O3.C6H12O2.C5H8O3.C4H8O2/c1-2-11(13)14-8-10-5-3-9(7-12)4-6-10;1-3-6(8)5-10-7(9)4-2;1-2-7(9)10-6-4-3-5-8;1-2-6(9)10-4-5(8)3-7;1-2-6(9)10-5(3-7)4-8;1-3-6(8)9-4-5(2)7;1-2-6(8)9-5-3-4-7;1-2-8-6-4-3-5-7;1-2-5(7)8-4-3-6;1-2-6-4-3-5/h2,9-10,12H,1,3-8H2;4,6,8H,2-3,5H2,1H3;2,8H,1,3-6H2;2*2,5,7-8H,1,3-4H2;3,5,7H,1,4H2,2H3;2,7H,1,3-5H2;2,7H,1,3-6H2;2,6H,1,3-4H2;2,5H,1,3-4H2. The van der Waals surface area contributed by atoms with E-state index < -0.39 is 72.8 Å². The highest BCUT2D eigenvalue weighted by atomic mass is 16.6. The lowest BCUT2D eigenvalue weighted by atomic mass is 9.83. The van der Waals surface area contributed by atoms with Crippen molar-refractivity contribution >= 4 is 47.8 Å². The predicted molar refractivity (Wildman–Crippen MR) is 347 cm³/mol. The van der Waals surface area contributed by atoms with E-state index in [9.17, 15) is 38.4 Å². The first-order valence-electron chi connectivity index (χ1n) is 29.2. The summed E-state index contributed by atoms with van der Waals surface area (Å²) < 4.78 is 45.5. The smallest absolute Gasteiger partial charge is 0.330 e. The molecule has 1 aliphatic rings. The second-order valence-electron chi connectivity index (χ2n) is 17.4. The first-order chi connectivity index (χ1) is 44.8. The molecule has 30 heteroatoms. The molecule has 3 atom stereocenters. The molecule has 1 saturated carbocycles. The molecule has 1 rings (SSSR count). The monoisotopic (exact) mass is 1360 g/mol. The zero-order valence-corrected chi connectivity index (χ0v) is 54.8. The summed E-state index contributed by atoms with van der Waals surface area (Å²) in [6.45, 7) is 37.2. The quantitative estimate of drug-likeness (QED) is 0.0137. The van der Waals surface area contributed by atoms with Gasteiger partial charge in [0.25, 0.3) is 0 Å². The van der Waals surface area contributed by atoms with E-state index in [1.54, 1.807) is 0 Å². The predicted octanol–water partition coefficient (Wildman–Crippen LogP) is 1.59. The number of aliphatic hydroxyl groups excluding tert-OH is 12. The third kappa shape index (κ3) is 103. The molecule has 0 spiro atoms. The summed E-state index contributed by atoms with van der Waals surface area (Å²) in [6, 6.07) is 0. The largest absolute Gasteiger partial charge is 0.502 e. The van der Waals surface area contributed by atoms with Gasteiger partial charge < -0.3 is 109 Å². The van der Waals surface area contributed by atoms with Crippen molar-refractivity contribution in [2.75, 3.05) is 119 Å². The van der Waals surface area contributed by atoms with Crippen molar-refractivity contribution in [1.29, 1.82) is 0 Å². The molecule has 0 aromatic heterocycles. The van der Waals surface area contributed by atoms with Crippen molar-refractivity contribution in [3.05, 3.63) is 127 Å². The van der Waals surface area contributed by atoms with Crippen LogP contribution in [-0.2, 0) is 85.7 Å². The molecular weight excluding hydrogens is 1250 g/mol. The maximum atomic E-state index is 10.8. The molecular formula is C64H110O30. The summed E-state index contributed by atoms with van der Waals surface area (Å²) in [4.78, 5) is 82.9. The number of unbranched alkanes of at least 4 members (excludes halogenated alkanes) is 2. The van der Waals surface area contributed by atoms with E-state index in [0.29, 0.717) is 70.6 Å². The molecule has 0 saturated heterocycles. The zero-order valence-electron chi connectivity index (χ0n) is 54.8. The van der Waals surface area contributed by atoms with Crippen LogP contribution in [0.3, 0.4) is 0 Å². The van der Waals surface area contributed by atoms with E-state index in [0.717, 1.165) is 81.1 Å². The lowest BCUT2D eigenvalue weighted by Gasteiger charge is -2.26. The van der Waals surface area contributed by atoms with Crippen molar-refractivity contribution < 1.29 is 147 Å². The van der Waals surface area contributed by atoms with Gasteiger partial charge in [-0.25, -0.2) is 38.4 Å². The lowest BCUT2D eigenvalue weighted by Crippen LogP contribution is -2.24. The Hall–Kier alpha value is -7.72. The summed E-state index contributed by atoms with van der Waals surface area (Å²) in [6.07, 6.45) is 16.7. The van der Waals surface area contributed by atoms with Crippen LogP contribution in [0.2, 0.25) is 0 Å². The minimum atomic E-state index is -0.996. The topological polar surface area (TPSA) is 472 Å². The van der Waals surface area contributed by atoms with Crippen LogP contribution in [0.25, 0.3) is 0 Å². The van der Waals surface area contributed by atoms with Crippen molar-refractivity contribution in [3.8, 4) is 0 Å². The summed E-state index contributed by atoms with van der Waals surface area (Å²) in [7, 11) is 0. The van der Waals surface area contributed by atoms with Gasteiger partial charge in [0.05, 0.1) is 84.2 Å². The highest BCUT2D eigenvalue weighted by Crippen LogP contribution is 2.28. The fourth-order valence-corrected chi connectivity index (χ4v) is 4.55. The van der Waals surface area contributed by atoms with E-state index in [-0.39, 0.29) is 85.3 Å². The number of carbonyl (C=O) groups excluding carboxylic acids is 8. The molecule has 0 heterocycles. The Morgan fingerprint density at radius 3 is 1.05 bits per heavy atom. The molecule has 12 N–H and O–H groups in total. The van der Waals surface area contributed by atoms with Gasteiger partial charge in [-0.3, -0.25) is 0 Å². The lowest BCUT2D eigenvalue weighted by molar-refractivity contribution is -0.147.